The smallest absolute Gasteiger partial charge is 0.219 e. The SMILES string of the molecule is CCCCCCC(C)Oc1cc(NCCC)nc(SC)n1. The topological polar surface area (TPSA) is 47.0 Å². The van der Waals surface area contributed by atoms with Crippen molar-refractivity contribution in [1.29, 1.82) is 0 Å². The summed E-state index contributed by atoms with van der Waals surface area (Å²) in [4.78, 5) is 8.88. The molecule has 21 heavy (non-hydrogen) atoms. The van der Waals surface area contributed by atoms with Crippen molar-refractivity contribution in [1.82, 2.24) is 9.97 Å². The first-order chi connectivity index (χ1) is 10.2. The van der Waals surface area contributed by atoms with E-state index in [1.54, 1.807) is 0 Å². The molecular formula is C16H29N3OS. The molecule has 0 aromatic carbocycles. The van der Waals surface area contributed by atoms with Crippen LogP contribution in [0.3, 0.4) is 0 Å². The molecule has 0 bridgehead atoms. The van der Waals surface area contributed by atoms with Crippen molar-refractivity contribution in [2.45, 2.75) is 70.6 Å². The van der Waals surface area contributed by atoms with E-state index < -0.39 is 0 Å². The van der Waals surface area contributed by atoms with Crippen LogP contribution in [-0.4, -0.2) is 28.9 Å². The Morgan fingerprint density at radius 3 is 2.67 bits per heavy atom. The number of rotatable bonds is 11. The van der Waals surface area contributed by atoms with Gasteiger partial charge in [0.15, 0.2) is 5.16 Å². The van der Waals surface area contributed by atoms with Crippen LogP contribution in [0.4, 0.5) is 5.82 Å². The summed E-state index contributed by atoms with van der Waals surface area (Å²) in [6, 6.07) is 1.90. The second kappa shape index (κ2) is 10.7. The van der Waals surface area contributed by atoms with E-state index in [0.29, 0.717) is 5.88 Å². The minimum atomic E-state index is 0.200. The van der Waals surface area contributed by atoms with Crippen molar-refractivity contribution >= 4 is 17.6 Å². The van der Waals surface area contributed by atoms with Gasteiger partial charge in [0.05, 0.1) is 6.10 Å². The lowest BCUT2D eigenvalue weighted by Crippen LogP contribution is -2.13. The van der Waals surface area contributed by atoms with Crippen LogP contribution in [0, 0.1) is 0 Å². The first-order valence-corrected chi connectivity index (χ1v) is 9.25. The van der Waals surface area contributed by atoms with Crippen molar-refractivity contribution in [3.05, 3.63) is 6.07 Å². The van der Waals surface area contributed by atoms with E-state index >= 15 is 0 Å². The van der Waals surface area contributed by atoms with Gasteiger partial charge in [-0.2, -0.15) is 4.98 Å². The molecule has 1 heterocycles. The number of anilines is 1. The van der Waals surface area contributed by atoms with E-state index in [0.717, 1.165) is 30.4 Å². The molecule has 1 rings (SSSR count). The van der Waals surface area contributed by atoms with Crippen molar-refractivity contribution in [2.24, 2.45) is 0 Å². The molecule has 1 N–H and O–H groups in total. The van der Waals surface area contributed by atoms with Gasteiger partial charge < -0.3 is 10.1 Å². The van der Waals surface area contributed by atoms with Gasteiger partial charge in [-0.25, -0.2) is 4.98 Å². The average molecular weight is 311 g/mol. The lowest BCUT2D eigenvalue weighted by molar-refractivity contribution is 0.196. The summed E-state index contributed by atoms with van der Waals surface area (Å²) in [5.41, 5.74) is 0. The van der Waals surface area contributed by atoms with Crippen LogP contribution in [0.25, 0.3) is 0 Å². The van der Waals surface area contributed by atoms with E-state index in [1.807, 2.05) is 12.3 Å². The zero-order valence-corrected chi connectivity index (χ0v) is 14.6. The van der Waals surface area contributed by atoms with Crippen molar-refractivity contribution in [3.63, 3.8) is 0 Å². The lowest BCUT2D eigenvalue weighted by atomic mass is 10.1. The Morgan fingerprint density at radius 2 is 2.00 bits per heavy atom. The zero-order chi connectivity index (χ0) is 15.5. The molecule has 1 aromatic heterocycles. The van der Waals surface area contributed by atoms with Gasteiger partial charge in [-0.05, 0) is 32.4 Å². The van der Waals surface area contributed by atoms with E-state index in [-0.39, 0.29) is 6.10 Å². The quantitative estimate of drug-likeness (QED) is 0.363. The molecule has 0 radical (unpaired) electrons. The minimum absolute atomic E-state index is 0.200. The van der Waals surface area contributed by atoms with Crippen LogP contribution in [0.2, 0.25) is 0 Å². The first-order valence-electron chi connectivity index (χ1n) is 8.03. The number of nitrogens with zero attached hydrogens (tertiary/aromatic N) is 2. The Hall–Kier alpha value is -0.970. The first kappa shape index (κ1) is 18.1. The average Bonchev–Trinajstić information content (AvgIpc) is 2.49. The molecule has 5 heteroatoms. The molecule has 0 aliphatic rings. The van der Waals surface area contributed by atoms with Gasteiger partial charge in [0.2, 0.25) is 5.88 Å². The van der Waals surface area contributed by atoms with Crippen LogP contribution in [0.5, 0.6) is 5.88 Å². The van der Waals surface area contributed by atoms with E-state index in [9.17, 15) is 0 Å². The number of ether oxygens (including phenoxy) is 1. The Labute approximate surface area is 133 Å². The largest absolute Gasteiger partial charge is 0.474 e. The fourth-order valence-electron chi connectivity index (χ4n) is 2.02. The third-order valence-electron chi connectivity index (χ3n) is 3.21. The summed E-state index contributed by atoms with van der Waals surface area (Å²) in [7, 11) is 0. The molecule has 4 nitrogen and oxygen atoms in total. The predicted molar refractivity (Wildman–Crippen MR) is 91.4 cm³/mol. The van der Waals surface area contributed by atoms with Crippen LogP contribution >= 0.6 is 11.8 Å². The molecule has 0 aliphatic carbocycles. The van der Waals surface area contributed by atoms with Crippen LogP contribution in [0.15, 0.2) is 11.2 Å². The maximum Gasteiger partial charge on any atom is 0.219 e. The number of nitrogens with one attached hydrogen (secondary N) is 1. The number of thioether (sulfide) groups is 1. The fraction of sp³-hybridized carbons (Fsp3) is 0.750. The van der Waals surface area contributed by atoms with Crippen LogP contribution in [0.1, 0.15) is 59.3 Å². The highest BCUT2D eigenvalue weighted by Gasteiger charge is 2.09. The zero-order valence-electron chi connectivity index (χ0n) is 13.8. The third kappa shape index (κ3) is 7.55. The van der Waals surface area contributed by atoms with E-state index in [1.165, 1.54) is 37.4 Å². The highest BCUT2D eigenvalue weighted by molar-refractivity contribution is 7.98. The van der Waals surface area contributed by atoms with Gasteiger partial charge >= 0.3 is 0 Å². The fourth-order valence-corrected chi connectivity index (χ4v) is 2.39. The van der Waals surface area contributed by atoms with Gasteiger partial charge in [-0.3, -0.25) is 0 Å². The highest BCUT2D eigenvalue weighted by atomic mass is 32.2. The standard InChI is InChI=1S/C16H29N3OS/c1-5-7-8-9-10-13(3)20-15-12-14(17-11-6-2)18-16(19-15)21-4/h12-13H,5-11H2,1-4H3,(H,17,18,19). The summed E-state index contributed by atoms with van der Waals surface area (Å²) < 4.78 is 5.95. The van der Waals surface area contributed by atoms with Crippen molar-refractivity contribution in [2.75, 3.05) is 18.1 Å². The van der Waals surface area contributed by atoms with E-state index in [4.69, 9.17) is 4.74 Å². The second-order valence-electron chi connectivity index (χ2n) is 5.28. The molecule has 120 valence electrons. The predicted octanol–water partition coefficient (Wildman–Crippen LogP) is 4.76. The Balaban J connectivity index is 2.55. The monoisotopic (exact) mass is 311 g/mol. The summed E-state index contributed by atoms with van der Waals surface area (Å²) in [5.74, 6) is 1.53. The second-order valence-corrected chi connectivity index (χ2v) is 6.06. The Bertz CT molecular complexity index is 401. The van der Waals surface area contributed by atoms with Gasteiger partial charge in [-0.15, -0.1) is 0 Å². The molecule has 1 atom stereocenters. The van der Waals surface area contributed by atoms with Gasteiger partial charge in [-0.1, -0.05) is 44.9 Å². The van der Waals surface area contributed by atoms with E-state index in [2.05, 4.69) is 36.1 Å². The molecule has 0 fully saturated rings. The van der Waals surface area contributed by atoms with Crippen LogP contribution < -0.4 is 10.1 Å². The molecule has 0 saturated carbocycles. The molecule has 1 aromatic rings. The lowest BCUT2D eigenvalue weighted by Gasteiger charge is -2.15. The number of hydrogen-bond donors (Lipinski definition) is 1. The molecule has 0 spiro atoms. The number of hydrogen-bond acceptors (Lipinski definition) is 5. The summed E-state index contributed by atoms with van der Waals surface area (Å²) >= 11 is 1.54. The number of aromatic nitrogens is 2. The van der Waals surface area contributed by atoms with Crippen molar-refractivity contribution in [3.8, 4) is 5.88 Å². The molecule has 0 aliphatic heterocycles. The van der Waals surface area contributed by atoms with Gasteiger partial charge in [0, 0.05) is 12.6 Å². The normalized spacial score (nSPS) is 12.2. The molecule has 1 unspecified atom stereocenters. The Kier molecular flexibility index (Phi) is 9.22. The maximum absolute atomic E-state index is 5.95. The highest BCUT2D eigenvalue weighted by Crippen LogP contribution is 2.21. The maximum atomic E-state index is 5.95. The van der Waals surface area contributed by atoms with Gasteiger partial charge in [0.25, 0.3) is 0 Å². The molecule has 0 amide bonds. The van der Waals surface area contributed by atoms with Gasteiger partial charge in [0.1, 0.15) is 5.82 Å². The minimum Gasteiger partial charge on any atom is -0.474 e. The summed E-state index contributed by atoms with van der Waals surface area (Å²) in [6.07, 6.45) is 9.41. The summed E-state index contributed by atoms with van der Waals surface area (Å²) in [5, 5.41) is 4.05. The molecular weight excluding hydrogens is 282 g/mol. The third-order valence-corrected chi connectivity index (χ3v) is 3.75. The van der Waals surface area contributed by atoms with Crippen molar-refractivity contribution < 1.29 is 4.74 Å². The molecule has 0 saturated heterocycles. The van der Waals surface area contributed by atoms with Crippen LogP contribution in [-0.2, 0) is 0 Å². The summed E-state index contributed by atoms with van der Waals surface area (Å²) in [6.45, 7) is 7.40. The Morgan fingerprint density at radius 1 is 1.19 bits per heavy atom. The number of unbranched alkanes of at least 4 members (excludes halogenated alkanes) is 3.